The van der Waals surface area contributed by atoms with Gasteiger partial charge in [0, 0.05) is 29.3 Å². The summed E-state index contributed by atoms with van der Waals surface area (Å²) in [6, 6.07) is 35.1. The van der Waals surface area contributed by atoms with E-state index in [0.29, 0.717) is 58.7 Å². The number of hydrogen-bond donors (Lipinski definition) is 1. The van der Waals surface area contributed by atoms with Gasteiger partial charge >= 0.3 is 8.56 Å². The number of fused-ring (bicyclic) bond motifs is 2. The molecule has 0 radical (unpaired) electrons. The number of rotatable bonds is 18. The fourth-order valence-corrected chi connectivity index (χ4v) is 14.7. The molecule has 9 nitrogen and oxygen atoms in total. The van der Waals surface area contributed by atoms with Gasteiger partial charge in [-0.2, -0.15) is 0 Å². The van der Waals surface area contributed by atoms with E-state index in [1.54, 1.807) is 12.2 Å². The SMILES string of the molecule is C=CCC(O)C(C[C@H]1O[C@@H](COCc2ccccc2)[C@H](OCc2ccccc2)C[C@@H]1OCc1ccc2ccccc2c1)O[C@@H]1C[C@@H]2O[Si](C(C)(C)C)(C(C)(C)C)OC[C@H]2O[C@H]1C=C. The first kappa shape index (κ1) is 47.4. The summed E-state index contributed by atoms with van der Waals surface area (Å²) in [5.41, 5.74) is 3.22. The fourth-order valence-electron chi connectivity index (χ4n) is 9.75. The Balaban J connectivity index is 1.15. The molecule has 3 aliphatic heterocycles. The molecule has 3 fully saturated rings. The van der Waals surface area contributed by atoms with Crippen LogP contribution in [0.15, 0.2) is 128 Å². The molecule has 0 spiro atoms. The molecule has 0 bridgehead atoms. The number of hydrogen-bond acceptors (Lipinski definition) is 9. The third kappa shape index (κ3) is 11.7. The minimum Gasteiger partial charge on any atom is -0.391 e. The Labute approximate surface area is 376 Å². The molecule has 3 aliphatic rings. The van der Waals surface area contributed by atoms with Crippen LogP contribution in [0.1, 0.15) is 83.9 Å². The van der Waals surface area contributed by atoms with Gasteiger partial charge in [0.25, 0.3) is 0 Å². The van der Waals surface area contributed by atoms with E-state index < -0.39 is 51.3 Å². The number of aliphatic hydroxyl groups is 1. The predicted octanol–water partition coefficient (Wildman–Crippen LogP) is 10.6. The summed E-state index contributed by atoms with van der Waals surface area (Å²) in [7, 11) is -2.79. The standard InChI is InChI=1S/C53H70O9Si/c1-9-19-42(54)44(60-47-31-49-51(59-43(47)10-2)36-58-63(62-49,52(3,4)5)53(6,7)8)29-48-45(57-34-39-26-27-40-24-17-18-25-41(40)28-39)30-46(56-33-38-22-15-12-16-23-38)50(61-48)35-55-32-37-20-13-11-14-21-37/h9-18,20-28,42-51,54H,1-2,19,29-36H2,3-8H3/t42?,43-,44?,45-,46+,47+,48+,49-,50-,51+/m0/s1. The molecule has 1 N–H and O–H groups in total. The number of benzene rings is 4. The first-order chi connectivity index (χ1) is 30.3. The lowest BCUT2D eigenvalue weighted by Crippen LogP contribution is -2.67. The van der Waals surface area contributed by atoms with E-state index in [1.807, 2.05) is 36.4 Å². The van der Waals surface area contributed by atoms with Gasteiger partial charge in [0.15, 0.2) is 0 Å². The zero-order valence-electron chi connectivity index (χ0n) is 38.2. The van der Waals surface area contributed by atoms with Crippen molar-refractivity contribution in [2.24, 2.45) is 0 Å². The highest BCUT2D eigenvalue weighted by Gasteiger charge is 2.63. The molecule has 10 heteroatoms. The monoisotopic (exact) mass is 878 g/mol. The maximum absolute atomic E-state index is 11.9. The minimum absolute atomic E-state index is 0.186. The van der Waals surface area contributed by atoms with Crippen molar-refractivity contribution in [1.82, 2.24) is 0 Å². The van der Waals surface area contributed by atoms with Gasteiger partial charge in [-0.05, 0) is 39.9 Å². The molecule has 3 heterocycles. The van der Waals surface area contributed by atoms with Crippen LogP contribution in [-0.2, 0) is 57.1 Å². The molecule has 10 atom stereocenters. The van der Waals surface area contributed by atoms with Crippen LogP contribution in [0.3, 0.4) is 0 Å². The van der Waals surface area contributed by atoms with Crippen molar-refractivity contribution >= 4 is 19.3 Å². The number of ether oxygens (including phenoxy) is 6. The van der Waals surface area contributed by atoms with Crippen LogP contribution in [-0.4, -0.2) is 87.9 Å². The Bertz CT molecular complexity index is 2030. The van der Waals surface area contributed by atoms with E-state index in [9.17, 15) is 5.11 Å². The van der Waals surface area contributed by atoms with Crippen molar-refractivity contribution in [3.8, 4) is 0 Å². The fraction of sp³-hybridized carbons (Fsp3) is 0.509. The van der Waals surface area contributed by atoms with Gasteiger partial charge in [-0.25, -0.2) is 0 Å². The Morgan fingerprint density at radius 2 is 1.32 bits per heavy atom. The Kier molecular flexibility index (Phi) is 16.0. The van der Waals surface area contributed by atoms with E-state index in [4.69, 9.17) is 37.3 Å². The van der Waals surface area contributed by atoms with Crippen molar-refractivity contribution in [2.75, 3.05) is 13.2 Å². The van der Waals surface area contributed by atoms with Crippen LogP contribution in [0, 0.1) is 0 Å². The Morgan fingerprint density at radius 1 is 0.698 bits per heavy atom. The van der Waals surface area contributed by atoms with E-state index in [-0.39, 0.29) is 28.4 Å². The summed E-state index contributed by atoms with van der Waals surface area (Å²) in [6.45, 7) is 23.4. The summed E-state index contributed by atoms with van der Waals surface area (Å²) in [5.74, 6) is 0. The van der Waals surface area contributed by atoms with Crippen LogP contribution in [0.5, 0.6) is 0 Å². The molecule has 0 aromatic heterocycles. The van der Waals surface area contributed by atoms with Crippen LogP contribution in [0.4, 0.5) is 0 Å². The summed E-state index contributed by atoms with van der Waals surface area (Å²) >= 11 is 0. The highest BCUT2D eigenvalue weighted by Crippen LogP contribution is 2.55. The summed E-state index contributed by atoms with van der Waals surface area (Å²) in [5, 5.41) is 13.9. The highest BCUT2D eigenvalue weighted by atomic mass is 28.4. The molecular weight excluding hydrogens is 809 g/mol. The largest absolute Gasteiger partial charge is 0.391 e. The molecule has 7 rings (SSSR count). The molecule has 2 unspecified atom stereocenters. The second-order valence-corrected chi connectivity index (χ2v) is 24.3. The van der Waals surface area contributed by atoms with Crippen LogP contribution in [0.2, 0.25) is 10.1 Å². The molecule has 0 amide bonds. The summed E-state index contributed by atoms with van der Waals surface area (Å²) in [4.78, 5) is 0. The molecule has 4 aromatic carbocycles. The van der Waals surface area contributed by atoms with E-state index in [2.05, 4.69) is 121 Å². The topological polar surface area (TPSA) is 94.1 Å². The smallest absolute Gasteiger partial charge is 0.349 e. The van der Waals surface area contributed by atoms with Gasteiger partial charge in [-0.1, -0.05) is 151 Å². The van der Waals surface area contributed by atoms with Gasteiger partial charge in [0.1, 0.15) is 18.3 Å². The highest BCUT2D eigenvalue weighted by molar-refractivity contribution is 6.73. The van der Waals surface area contributed by atoms with Crippen molar-refractivity contribution in [1.29, 1.82) is 0 Å². The molecule has 0 saturated carbocycles. The summed E-state index contributed by atoms with van der Waals surface area (Å²) in [6.07, 6.45) is 0.832. The van der Waals surface area contributed by atoms with Gasteiger partial charge < -0.3 is 42.4 Å². The molecular formula is C53H70O9Si. The molecule has 63 heavy (non-hydrogen) atoms. The molecule has 340 valence electrons. The summed E-state index contributed by atoms with van der Waals surface area (Å²) < 4.78 is 54.7. The second kappa shape index (κ2) is 21.2. The van der Waals surface area contributed by atoms with Gasteiger partial charge in [0.2, 0.25) is 0 Å². The normalized spacial score (nSPS) is 27.3. The third-order valence-electron chi connectivity index (χ3n) is 12.8. The lowest BCUT2D eigenvalue weighted by molar-refractivity contribution is -0.239. The zero-order chi connectivity index (χ0) is 44.6. The van der Waals surface area contributed by atoms with Gasteiger partial charge in [-0.3, -0.25) is 0 Å². The Morgan fingerprint density at radius 3 is 1.97 bits per heavy atom. The quantitative estimate of drug-likeness (QED) is 0.0775. The van der Waals surface area contributed by atoms with E-state index >= 15 is 0 Å². The predicted molar refractivity (Wildman–Crippen MR) is 251 cm³/mol. The zero-order valence-corrected chi connectivity index (χ0v) is 39.2. The molecule has 0 aliphatic carbocycles. The lowest BCUT2D eigenvalue weighted by atomic mass is 9.91. The van der Waals surface area contributed by atoms with Crippen molar-refractivity contribution in [2.45, 2.75) is 158 Å². The first-order valence-corrected chi connectivity index (χ1v) is 24.6. The third-order valence-corrected chi connectivity index (χ3v) is 18.0. The van der Waals surface area contributed by atoms with Crippen molar-refractivity contribution in [3.05, 3.63) is 145 Å². The van der Waals surface area contributed by atoms with Crippen LogP contribution in [0.25, 0.3) is 10.8 Å². The van der Waals surface area contributed by atoms with Crippen LogP contribution < -0.4 is 0 Å². The Hall–Kier alpha value is -3.52. The maximum Gasteiger partial charge on any atom is 0.349 e. The van der Waals surface area contributed by atoms with Gasteiger partial charge in [-0.15, -0.1) is 13.2 Å². The van der Waals surface area contributed by atoms with Gasteiger partial charge in [0.05, 0.1) is 75.8 Å². The van der Waals surface area contributed by atoms with Crippen molar-refractivity contribution < 1.29 is 42.4 Å². The maximum atomic E-state index is 11.9. The minimum atomic E-state index is -2.79. The lowest BCUT2D eigenvalue weighted by Gasteiger charge is -2.56. The second-order valence-electron chi connectivity index (χ2n) is 19.6. The van der Waals surface area contributed by atoms with Crippen molar-refractivity contribution in [3.63, 3.8) is 0 Å². The van der Waals surface area contributed by atoms with E-state index in [0.717, 1.165) is 22.1 Å². The first-order valence-electron chi connectivity index (χ1n) is 22.8. The molecule has 3 saturated heterocycles. The van der Waals surface area contributed by atoms with Crippen LogP contribution >= 0.6 is 0 Å². The number of aliphatic hydroxyl groups excluding tert-OH is 1. The average Bonchev–Trinajstić information content (AvgIpc) is 3.27. The average molecular weight is 879 g/mol. The molecule has 4 aromatic rings. The van der Waals surface area contributed by atoms with E-state index in [1.165, 1.54) is 5.39 Å².